The second kappa shape index (κ2) is 7.92. The number of benzene rings is 1. The summed E-state index contributed by atoms with van der Waals surface area (Å²) in [4.78, 5) is 25.7. The molecule has 1 aromatic rings. The minimum atomic E-state index is -0.475. The Bertz CT molecular complexity index is 579. The van der Waals surface area contributed by atoms with E-state index in [2.05, 4.69) is 5.32 Å². The predicted molar refractivity (Wildman–Crippen MR) is 82.8 cm³/mol. The molecule has 126 valence electrons. The van der Waals surface area contributed by atoms with Crippen LogP contribution in [0.4, 0.5) is 10.1 Å². The molecular formula is C16H21FN2O4. The molecule has 23 heavy (non-hydrogen) atoms. The van der Waals surface area contributed by atoms with Gasteiger partial charge in [-0.15, -0.1) is 0 Å². The largest absolute Gasteiger partial charge is 0.489 e. The lowest BCUT2D eigenvalue weighted by Gasteiger charge is -2.16. The summed E-state index contributed by atoms with van der Waals surface area (Å²) >= 11 is 0. The number of ether oxygens (including phenoxy) is 2. The van der Waals surface area contributed by atoms with Crippen molar-refractivity contribution in [2.45, 2.75) is 13.3 Å². The van der Waals surface area contributed by atoms with Crippen LogP contribution in [-0.2, 0) is 14.3 Å². The Morgan fingerprint density at radius 3 is 2.87 bits per heavy atom. The van der Waals surface area contributed by atoms with Crippen LogP contribution in [0.5, 0.6) is 5.75 Å². The van der Waals surface area contributed by atoms with Gasteiger partial charge in [0.15, 0.2) is 0 Å². The normalized spacial score (nSPS) is 17.4. The van der Waals surface area contributed by atoms with Crippen molar-refractivity contribution in [3.63, 3.8) is 0 Å². The number of hydrogen-bond donors (Lipinski definition) is 1. The first-order valence-corrected chi connectivity index (χ1v) is 7.55. The summed E-state index contributed by atoms with van der Waals surface area (Å²) in [6.07, 6.45) is 0.175. The maximum atomic E-state index is 13.4. The summed E-state index contributed by atoms with van der Waals surface area (Å²) in [6.45, 7) is 3.50. The van der Waals surface area contributed by atoms with Gasteiger partial charge in [-0.25, -0.2) is 4.39 Å². The first-order valence-electron chi connectivity index (χ1n) is 7.55. The number of anilines is 1. The number of amides is 2. The van der Waals surface area contributed by atoms with Gasteiger partial charge >= 0.3 is 0 Å². The summed E-state index contributed by atoms with van der Waals surface area (Å²) < 4.78 is 23.8. The van der Waals surface area contributed by atoms with Crippen LogP contribution in [0.2, 0.25) is 0 Å². The molecule has 7 heteroatoms. The van der Waals surface area contributed by atoms with Crippen LogP contribution in [0.25, 0.3) is 0 Å². The monoisotopic (exact) mass is 324 g/mol. The van der Waals surface area contributed by atoms with Gasteiger partial charge in [-0.1, -0.05) is 0 Å². The van der Waals surface area contributed by atoms with Crippen molar-refractivity contribution in [1.29, 1.82) is 0 Å². The van der Waals surface area contributed by atoms with E-state index >= 15 is 0 Å². The molecule has 1 aliphatic heterocycles. The van der Waals surface area contributed by atoms with Crippen LogP contribution in [0, 0.1) is 11.7 Å². The summed E-state index contributed by atoms with van der Waals surface area (Å²) in [7, 11) is 1.55. The number of rotatable bonds is 7. The molecule has 0 saturated carbocycles. The van der Waals surface area contributed by atoms with Crippen molar-refractivity contribution in [2.24, 2.45) is 5.92 Å². The van der Waals surface area contributed by atoms with Crippen molar-refractivity contribution in [1.82, 2.24) is 4.90 Å². The van der Waals surface area contributed by atoms with Gasteiger partial charge in [-0.2, -0.15) is 0 Å². The van der Waals surface area contributed by atoms with Gasteiger partial charge in [0, 0.05) is 32.7 Å². The molecule has 2 amide bonds. The highest BCUT2D eigenvalue weighted by molar-refractivity contribution is 5.98. The second-order valence-electron chi connectivity index (χ2n) is 5.30. The van der Waals surface area contributed by atoms with Gasteiger partial charge in [-0.05, 0) is 19.1 Å². The minimum Gasteiger partial charge on any atom is -0.489 e. The number of nitrogens with one attached hydrogen (secondary N) is 1. The Morgan fingerprint density at radius 2 is 2.22 bits per heavy atom. The van der Waals surface area contributed by atoms with Crippen molar-refractivity contribution >= 4 is 17.5 Å². The fourth-order valence-electron chi connectivity index (χ4n) is 2.45. The fourth-order valence-corrected chi connectivity index (χ4v) is 2.45. The third-order valence-corrected chi connectivity index (χ3v) is 3.71. The summed E-state index contributed by atoms with van der Waals surface area (Å²) in [5.41, 5.74) is 0.258. The molecule has 1 N–H and O–H groups in total. The third kappa shape index (κ3) is 4.41. The molecule has 1 fully saturated rings. The fraction of sp³-hybridized carbons (Fsp3) is 0.500. The molecule has 6 nitrogen and oxygen atoms in total. The number of carbonyl (C=O) groups excluding carboxylic acids is 2. The Balaban J connectivity index is 2.05. The highest BCUT2D eigenvalue weighted by Crippen LogP contribution is 2.27. The van der Waals surface area contributed by atoms with Crippen molar-refractivity contribution in [3.05, 3.63) is 24.0 Å². The molecule has 0 radical (unpaired) electrons. The van der Waals surface area contributed by atoms with Crippen molar-refractivity contribution < 1.29 is 23.5 Å². The van der Waals surface area contributed by atoms with E-state index in [1.165, 1.54) is 18.2 Å². The lowest BCUT2D eigenvalue weighted by Crippen LogP contribution is -2.28. The minimum absolute atomic E-state index is 0.0385. The lowest BCUT2D eigenvalue weighted by molar-refractivity contribution is -0.128. The first-order chi connectivity index (χ1) is 11.0. The average Bonchev–Trinajstić information content (AvgIpc) is 2.91. The van der Waals surface area contributed by atoms with Crippen LogP contribution in [0.3, 0.4) is 0 Å². The van der Waals surface area contributed by atoms with Crippen molar-refractivity contribution in [3.8, 4) is 5.75 Å². The zero-order chi connectivity index (χ0) is 16.8. The van der Waals surface area contributed by atoms with Gasteiger partial charge in [0.25, 0.3) is 0 Å². The summed E-state index contributed by atoms with van der Waals surface area (Å²) in [6, 6.07) is 3.92. The highest BCUT2D eigenvalue weighted by Gasteiger charge is 2.33. The zero-order valence-corrected chi connectivity index (χ0v) is 13.3. The predicted octanol–water partition coefficient (Wildman–Crippen LogP) is 1.66. The maximum Gasteiger partial charge on any atom is 0.229 e. The number of halogens is 1. The number of methoxy groups -OCH3 is 1. The number of nitrogens with zero attached hydrogens (tertiary/aromatic N) is 1. The van der Waals surface area contributed by atoms with E-state index in [4.69, 9.17) is 9.47 Å². The third-order valence-electron chi connectivity index (χ3n) is 3.71. The smallest absolute Gasteiger partial charge is 0.229 e. The van der Waals surface area contributed by atoms with E-state index in [-0.39, 0.29) is 30.5 Å². The van der Waals surface area contributed by atoms with Gasteiger partial charge in [0.1, 0.15) is 18.2 Å². The molecule has 0 bridgehead atoms. The highest BCUT2D eigenvalue weighted by atomic mass is 19.1. The average molecular weight is 324 g/mol. The lowest BCUT2D eigenvalue weighted by atomic mass is 10.1. The molecule has 0 aromatic heterocycles. The van der Waals surface area contributed by atoms with Gasteiger partial charge < -0.3 is 19.7 Å². The quantitative estimate of drug-likeness (QED) is 0.775. The molecule has 0 aliphatic carbocycles. The summed E-state index contributed by atoms with van der Waals surface area (Å²) in [5, 5.41) is 2.66. The van der Waals surface area contributed by atoms with E-state index in [0.29, 0.717) is 25.4 Å². The molecule has 1 aliphatic rings. The van der Waals surface area contributed by atoms with E-state index < -0.39 is 11.7 Å². The first kappa shape index (κ1) is 17.2. The Labute approximate surface area is 134 Å². The van der Waals surface area contributed by atoms with Gasteiger partial charge in [-0.3, -0.25) is 9.59 Å². The topological polar surface area (TPSA) is 67.9 Å². The Hall–Kier alpha value is -2.15. The molecular weight excluding hydrogens is 303 g/mol. The molecule has 1 saturated heterocycles. The van der Waals surface area contributed by atoms with Crippen LogP contribution < -0.4 is 10.1 Å². The van der Waals surface area contributed by atoms with Gasteiger partial charge in [0.2, 0.25) is 11.8 Å². The van der Waals surface area contributed by atoms with E-state index in [1.807, 2.05) is 6.92 Å². The molecule has 2 rings (SSSR count). The summed E-state index contributed by atoms with van der Waals surface area (Å²) in [5.74, 6) is -0.886. The van der Waals surface area contributed by atoms with Crippen LogP contribution >= 0.6 is 0 Å². The molecule has 1 aromatic carbocycles. The number of hydrogen-bond acceptors (Lipinski definition) is 4. The number of carbonyl (C=O) groups is 2. The van der Waals surface area contributed by atoms with Crippen LogP contribution in [0.15, 0.2) is 18.2 Å². The Morgan fingerprint density at radius 1 is 1.43 bits per heavy atom. The van der Waals surface area contributed by atoms with E-state index in [1.54, 1.807) is 12.0 Å². The van der Waals surface area contributed by atoms with E-state index in [9.17, 15) is 14.0 Å². The van der Waals surface area contributed by atoms with E-state index in [0.717, 1.165) is 0 Å². The number of likely N-dealkylation sites (tertiary alicyclic amines) is 1. The van der Waals surface area contributed by atoms with Crippen LogP contribution in [-0.4, -0.2) is 50.1 Å². The van der Waals surface area contributed by atoms with Crippen molar-refractivity contribution in [2.75, 3.05) is 38.7 Å². The van der Waals surface area contributed by atoms with Crippen LogP contribution in [0.1, 0.15) is 13.3 Å². The standard InChI is InChI=1S/C16H21FN2O4/c1-3-19-10-11(8-15(19)20)16(21)18-13-9-12(17)4-5-14(13)23-7-6-22-2/h4-5,9,11H,3,6-8,10H2,1-2H3,(H,18,21)/t11-/m1/s1. The molecule has 0 spiro atoms. The molecule has 1 heterocycles. The Kier molecular flexibility index (Phi) is 5.92. The maximum absolute atomic E-state index is 13.4. The molecule has 1 atom stereocenters. The molecule has 0 unspecified atom stereocenters. The second-order valence-corrected chi connectivity index (χ2v) is 5.30. The zero-order valence-electron chi connectivity index (χ0n) is 13.3. The SMILES string of the molecule is CCN1C[C@H](C(=O)Nc2cc(F)ccc2OCCOC)CC1=O. The van der Waals surface area contributed by atoms with Gasteiger partial charge in [0.05, 0.1) is 18.2 Å².